The van der Waals surface area contributed by atoms with Crippen LogP contribution in [0.15, 0.2) is 48.5 Å². The summed E-state index contributed by atoms with van der Waals surface area (Å²) in [6.07, 6.45) is 1.03. The third kappa shape index (κ3) is 7.03. The Bertz CT molecular complexity index is 872. The van der Waals surface area contributed by atoms with E-state index < -0.39 is 0 Å². The van der Waals surface area contributed by atoms with Crippen molar-refractivity contribution >= 4 is 5.91 Å². The minimum Gasteiger partial charge on any atom is -0.496 e. The summed E-state index contributed by atoms with van der Waals surface area (Å²) in [4.78, 5) is 15.6. The van der Waals surface area contributed by atoms with E-state index in [0.29, 0.717) is 37.2 Å². The molecular weight excluding hydrogens is 416 g/mol. The lowest BCUT2D eigenvalue weighted by Gasteiger charge is -2.32. The van der Waals surface area contributed by atoms with Crippen LogP contribution in [0.2, 0.25) is 0 Å². The number of nitrogens with one attached hydrogen (secondary N) is 1. The predicted octanol–water partition coefficient (Wildman–Crippen LogP) is 3.79. The SMILES string of the molecule is COCCOCc1cc(C(=O)N(C[C@@H]2CNC[C@H]2Cc2ccccc2)C(C)C)ccc1OC. The zero-order chi connectivity index (χ0) is 23.6. The molecule has 1 fully saturated rings. The van der Waals surface area contributed by atoms with Crippen LogP contribution >= 0.6 is 0 Å². The van der Waals surface area contributed by atoms with Gasteiger partial charge in [0.15, 0.2) is 0 Å². The smallest absolute Gasteiger partial charge is 0.254 e. The maximum Gasteiger partial charge on any atom is 0.254 e. The fourth-order valence-electron chi connectivity index (χ4n) is 4.45. The number of methoxy groups -OCH3 is 2. The van der Waals surface area contributed by atoms with Crippen molar-refractivity contribution in [3.63, 3.8) is 0 Å². The number of hydrogen-bond acceptors (Lipinski definition) is 5. The van der Waals surface area contributed by atoms with E-state index in [-0.39, 0.29) is 11.9 Å². The first-order valence-electron chi connectivity index (χ1n) is 11.8. The summed E-state index contributed by atoms with van der Waals surface area (Å²) in [6.45, 7) is 8.25. The molecular formula is C27H38N2O4. The highest BCUT2D eigenvalue weighted by Gasteiger charge is 2.31. The normalized spacial score (nSPS) is 18.0. The van der Waals surface area contributed by atoms with Crippen LogP contribution in [0.25, 0.3) is 0 Å². The minimum atomic E-state index is 0.0520. The summed E-state index contributed by atoms with van der Waals surface area (Å²) in [7, 11) is 3.28. The summed E-state index contributed by atoms with van der Waals surface area (Å²) in [6, 6.07) is 16.3. The largest absolute Gasteiger partial charge is 0.496 e. The van der Waals surface area contributed by atoms with Gasteiger partial charge in [-0.05, 0) is 69.0 Å². The summed E-state index contributed by atoms with van der Waals surface area (Å²) >= 11 is 0. The third-order valence-corrected chi connectivity index (χ3v) is 6.35. The van der Waals surface area contributed by atoms with Crippen LogP contribution < -0.4 is 10.1 Å². The van der Waals surface area contributed by atoms with E-state index in [2.05, 4.69) is 49.5 Å². The molecule has 1 heterocycles. The van der Waals surface area contributed by atoms with Crippen molar-refractivity contribution in [2.75, 3.05) is 47.1 Å². The Morgan fingerprint density at radius 3 is 2.52 bits per heavy atom. The topological polar surface area (TPSA) is 60.0 Å². The van der Waals surface area contributed by atoms with Crippen LogP contribution in [-0.2, 0) is 22.5 Å². The monoisotopic (exact) mass is 454 g/mol. The predicted molar refractivity (Wildman–Crippen MR) is 131 cm³/mol. The van der Waals surface area contributed by atoms with E-state index >= 15 is 0 Å². The molecule has 1 amide bonds. The van der Waals surface area contributed by atoms with Crippen LogP contribution in [0.4, 0.5) is 0 Å². The van der Waals surface area contributed by atoms with Crippen molar-refractivity contribution in [1.29, 1.82) is 0 Å². The standard InChI is InChI=1S/C27H38N2O4/c1-20(2)29(18-25-17-28-16-23(25)14-21-8-6-5-7-9-21)27(30)22-10-11-26(32-4)24(15-22)19-33-13-12-31-3/h5-11,15,20,23,25,28H,12-14,16-19H2,1-4H3/t23-,25+/m1/s1. The molecule has 0 radical (unpaired) electrons. The molecule has 2 aromatic rings. The zero-order valence-corrected chi connectivity index (χ0v) is 20.4. The number of rotatable bonds is 12. The van der Waals surface area contributed by atoms with Gasteiger partial charge in [-0.2, -0.15) is 0 Å². The van der Waals surface area contributed by atoms with Crippen molar-refractivity contribution in [1.82, 2.24) is 10.2 Å². The molecule has 6 nitrogen and oxygen atoms in total. The summed E-state index contributed by atoms with van der Waals surface area (Å²) in [5.74, 6) is 1.72. The van der Waals surface area contributed by atoms with Crippen molar-refractivity contribution < 1.29 is 19.0 Å². The molecule has 1 aliphatic rings. The van der Waals surface area contributed by atoms with Crippen molar-refractivity contribution in [2.45, 2.75) is 32.9 Å². The van der Waals surface area contributed by atoms with Crippen molar-refractivity contribution in [3.05, 3.63) is 65.2 Å². The van der Waals surface area contributed by atoms with Crippen molar-refractivity contribution in [2.24, 2.45) is 11.8 Å². The van der Waals surface area contributed by atoms with Gasteiger partial charge in [-0.1, -0.05) is 30.3 Å². The molecule has 6 heteroatoms. The molecule has 2 aromatic carbocycles. The van der Waals surface area contributed by atoms with Crippen LogP contribution in [-0.4, -0.2) is 63.9 Å². The second-order valence-electron chi connectivity index (χ2n) is 8.99. The Kier molecular flexibility index (Phi) is 9.73. The minimum absolute atomic E-state index is 0.0520. The highest BCUT2D eigenvalue weighted by Crippen LogP contribution is 2.26. The second kappa shape index (κ2) is 12.7. The molecule has 0 saturated carbocycles. The van der Waals surface area contributed by atoms with Crippen LogP contribution in [0.5, 0.6) is 5.75 Å². The number of carbonyl (C=O) groups is 1. The lowest BCUT2D eigenvalue weighted by molar-refractivity contribution is 0.0604. The average Bonchev–Trinajstić information content (AvgIpc) is 3.26. The quantitative estimate of drug-likeness (QED) is 0.495. The third-order valence-electron chi connectivity index (χ3n) is 6.35. The van der Waals surface area contributed by atoms with Gasteiger partial charge in [0, 0.05) is 30.8 Å². The van der Waals surface area contributed by atoms with E-state index in [1.807, 2.05) is 23.1 Å². The number of carbonyl (C=O) groups excluding carboxylic acids is 1. The zero-order valence-electron chi connectivity index (χ0n) is 20.4. The molecule has 0 unspecified atom stereocenters. The first kappa shape index (κ1) is 25.2. The van der Waals surface area contributed by atoms with E-state index in [1.165, 1.54) is 5.56 Å². The Balaban J connectivity index is 1.71. The second-order valence-corrected chi connectivity index (χ2v) is 8.99. The number of amides is 1. The van der Waals surface area contributed by atoms with Gasteiger partial charge in [0.25, 0.3) is 5.91 Å². The first-order chi connectivity index (χ1) is 16.0. The maximum absolute atomic E-state index is 13.6. The van der Waals surface area contributed by atoms with E-state index in [0.717, 1.165) is 37.4 Å². The molecule has 0 spiro atoms. The highest BCUT2D eigenvalue weighted by atomic mass is 16.5. The number of benzene rings is 2. The van der Waals surface area contributed by atoms with Gasteiger partial charge in [0.2, 0.25) is 0 Å². The molecule has 33 heavy (non-hydrogen) atoms. The molecule has 2 atom stereocenters. The van der Waals surface area contributed by atoms with Gasteiger partial charge in [-0.3, -0.25) is 4.79 Å². The Labute approximate surface area is 198 Å². The highest BCUT2D eigenvalue weighted by molar-refractivity contribution is 5.94. The van der Waals surface area contributed by atoms with Gasteiger partial charge >= 0.3 is 0 Å². The first-order valence-corrected chi connectivity index (χ1v) is 11.8. The molecule has 0 aromatic heterocycles. The molecule has 1 saturated heterocycles. The molecule has 1 N–H and O–H groups in total. The Hall–Kier alpha value is -2.41. The summed E-state index contributed by atoms with van der Waals surface area (Å²) < 4.78 is 16.2. The molecule has 0 aliphatic carbocycles. The van der Waals surface area contributed by atoms with Crippen LogP contribution in [0.3, 0.4) is 0 Å². The van der Waals surface area contributed by atoms with Gasteiger partial charge in [-0.15, -0.1) is 0 Å². The molecule has 1 aliphatic heterocycles. The maximum atomic E-state index is 13.6. The number of ether oxygens (including phenoxy) is 3. The molecule has 180 valence electrons. The van der Waals surface area contributed by atoms with Crippen LogP contribution in [0, 0.1) is 11.8 Å². The summed E-state index contributed by atoms with van der Waals surface area (Å²) in [5.41, 5.74) is 2.89. The fraction of sp³-hybridized carbons (Fsp3) is 0.519. The molecule has 3 rings (SSSR count). The van der Waals surface area contributed by atoms with Crippen LogP contribution in [0.1, 0.15) is 35.3 Å². The van der Waals surface area contributed by atoms with E-state index in [9.17, 15) is 4.79 Å². The summed E-state index contributed by atoms with van der Waals surface area (Å²) in [5, 5.41) is 3.54. The van der Waals surface area contributed by atoms with Gasteiger partial charge in [-0.25, -0.2) is 0 Å². The van der Waals surface area contributed by atoms with E-state index in [4.69, 9.17) is 14.2 Å². The van der Waals surface area contributed by atoms with Gasteiger partial charge < -0.3 is 24.4 Å². The lowest BCUT2D eigenvalue weighted by Crippen LogP contribution is -2.42. The number of nitrogens with zero attached hydrogens (tertiary/aromatic N) is 1. The van der Waals surface area contributed by atoms with Gasteiger partial charge in [0.05, 0.1) is 26.9 Å². The van der Waals surface area contributed by atoms with E-state index in [1.54, 1.807) is 14.2 Å². The Morgan fingerprint density at radius 1 is 1.06 bits per heavy atom. The van der Waals surface area contributed by atoms with Crippen molar-refractivity contribution in [3.8, 4) is 5.75 Å². The molecule has 0 bridgehead atoms. The Morgan fingerprint density at radius 2 is 1.82 bits per heavy atom. The van der Waals surface area contributed by atoms with Gasteiger partial charge in [0.1, 0.15) is 5.75 Å². The number of hydrogen-bond donors (Lipinski definition) is 1. The average molecular weight is 455 g/mol. The fourth-order valence-corrected chi connectivity index (χ4v) is 4.45. The lowest BCUT2D eigenvalue weighted by atomic mass is 9.89.